The van der Waals surface area contributed by atoms with Crippen molar-refractivity contribution in [2.45, 2.75) is 40.5 Å². The quantitative estimate of drug-likeness (QED) is 0.788. The van der Waals surface area contributed by atoms with Crippen LogP contribution in [-0.4, -0.2) is 19.0 Å². The van der Waals surface area contributed by atoms with Crippen LogP contribution in [0.15, 0.2) is 18.2 Å². The molecule has 1 amide bonds. The van der Waals surface area contributed by atoms with Crippen LogP contribution in [0.1, 0.15) is 49.5 Å². The number of hydrogen-bond acceptors (Lipinski definition) is 2. The molecule has 1 unspecified atom stereocenters. The molecule has 0 spiro atoms. The van der Waals surface area contributed by atoms with Crippen molar-refractivity contribution in [1.29, 1.82) is 0 Å². The topological polar surface area (TPSA) is 41.1 Å². The zero-order chi connectivity index (χ0) is 14.3. The largest absolute Gasteiger partial charge is 0.384 e. The van der Waals surface area contributed by atoms with E-state index in [1.54, 1.807) is 0 Å². The van der Waals surface area contributed by atoms with Crippen LogP contribution in [0.2, 0.25) is 0 Å². The van der Waals surface area contributed by atoms with Gasteiger partial charge in [-0.2, -0.15) is 0 Å². The Hall–Kier alpha value is -1.51. The van der Waals surface area contributed by atoms with Gasteiger partial charge in [-0.15, -0.1) is 0 Å². The molecule has 0 aliphatic heterocycles. The first-order valence-corrected chi connectivity index (χ1v) is 7.21. The van der Waals surface area contributed by atoms with Gasteiger partial charge in [0.05, 0.1) is 5.56 Å². The number of carbonyl (C=O) groups is 1. The summed E-state index contributed by atoms with van der Waals surface area (Å²) in [4.78, 5) is 12.3. The first kappa shape index (κ1) is 15.5. The minimum absolute atomic E-state index is 0.0163. The second kappa shape index (κ2) is 7.82. The molecule has 0 saturated carbocycles. The Labute approximate surface area is 116 Å². The molecule has 0 saturated heterocycles. The first-order chi connectivity index (χ1) is 9.08. The van der Waals surface area contributed by atoms with Gasteiger partial charge in [0.15, 0.2) is 0 Å². The van der Waals surface area contributed by atoms with Crippen molar-refractivity contribution in [3.63, 3.8) is 0 Å². The Kier molecular flexibility index (Phi) is 6.40. The fourth-order valence-corrected chi connectivity index (χ4v) is 1.77. The summed E-state index contributed by atoms with van der Waals surface area (Å²) in [5.74, 6) is 0.531. The highest BCUT2D eigenvalue weighted by atomic mass is 16.1. The van der Waals surface area contributed by atoms with Crippen LogP contribution in [0, 0.1) is 12.8 Å². The van der Waals surface area contributed by atoms with Gasteiger partial charge in [0, 0.05) is 18.8 Å². The Morgan fingerprint density at radius 1 is 1.32 bits per heavy atom. The van der Waals surface area contributed by atoms with Crippen LogP contribution in [0.25, 0.3) is 0 Å². The molecule has 1 atom stereocenters. The number of carbonyl (C=O) groups excluding carboxylic acids is 1. The van der Waals surface area contributed by atoms with Gasteiger partial charge >= 0.3 is 0 Å². The SMILES string of the molecule is CCCNc1ccc(C)cc1C(=O)NCC(C)CC. The van der Waals surface area contributed by atoms with Gasteiger partial charge in [0.25, 0.3) is 5.91 Å². The Morgan fingerprint density at radius 3 is 2.68 bits per heavy atom. The van der Waals surface area contributed by atoms with Gasteiger partial charge in [-0.25, -0.2) is 0 Å². The Balaban J connectivity index is 2.78. The molecule has 3 nitrogen and oxygen atoms in total. The van der Waals surface area contributed by atoms with Crippen LogP contribution >= 0.6 is 0 Å². The average Bonchev–Trinajstić information content (AvgIpc) is 2.42. The molecule has 19 heavy (non-hydrogen) atoms. The molecular formula is C16H26N2O. The molecule has 0 heterocycles. The number of rotatable bonds is 7. The number of hydrogen-bond donors (Lipinski definition) is 2. The van der Waals surface area contributed by atoms with Gasteiger partial charge < -0.3 is 10.6 Å². The summed E-state index contributed by atoms with van der Waals surface area (Å²) in [5.41, 5.74) is 2.78. The minimum Gasteiger partial charge on any atom is -0.384 e. The number of aryl methyl sites for hydroxylation is 1. The highest BCUT2D eigenvalue weighted by Crippen LogP contribution is 2.17. The Morgan fingerprint density at radius 2 is 2.05 bits per heavy atom. The van der Waals surface area contributed by atoms with E-state index in [2.05, 4.69) is 31.4 Å². The van der Waals surface area contributed by atoms with E-state index in [4.69, 9.17) is 0 Å². The van der Waals surface area contributed by atoms with E-state index < -0.39 is 0 Å². The van der Waals surface area contributed by atoms with Crippen molar-refractivity contribution >= 4 is 11.6 Å². The molecule has 3 heteroatoms. The normalized spacial score (nSPS) is 12.0. The summed E-state index contributed by atoms with van der Waals surface area (Å²) in [6, 6.07) is 5.97. The summed E-state index contributed by atoms with van der Waals surface area (Å²) >= 11 is 0. The van der Waals surface area contributed by atoms with Gasteiger partial charge in [-0.1, -0.05) is 38.8 Å². The molecule has 0 fully saturated rings. The third kappa shape index (κ3) is 4.93. The first-order valence-electron chi connectivity index (χ1n) is 7.21. The second-order valence-corrected chi connectivity index (χ2v) is 5.20. The molecule has 0 radical (unpaired) electrons. The average molecular weight is 262 g/mol. The lowest BCUT2D eigenvalue weighted by Gasteiger charge is -2.14. The van der Waals surface area contributed by atoms with Crippen molar-refractivity contribution in [2.75, 3.05) is 18.4 Å². The fraction of sp³-hybridized carbons (Fsp3) is 0.562. The summed E-state index contributed by atoms with van der Waals surface area (Å²) in [7, 11) is 0. The van der Waals surface area contributed by atoms with Gasteiger partial charge in [-0.3, -0.25) is 4.79 Å². The van der Waals surface area contributed by atoms with E-state index in [1.165, 1.54) is 0 Å². The maximum absolute atomic E-state index is 12.3. The molecule has 1 rings (SSSR count). The van der Waals surface area contributed by atoms with E-state index in [-0.39, 0.29) is 5.91 Å². The lowest BCUT2D eigenvalue weighted by molar-refractivity contribution is 0.0948. The summed E-state index contributed by atoms with van der Waals surface area (Å²) in [5, 5.41) is 6.33. The zero-order valence-electron chi connectivity index (χ0n) is 12.5. The fourth-order valence-electron chi connectivity index (χ4n) is 1.77. The third-order valence-corrected chi connectivity index (χ3v) is 3.29. The molecule has 0 aliphatic carbocycles. The van der Waals surface area contributed by atoms with Crippen LogP contribution in [-0.2, 0) is 0 Å². The highest BCUT2D eigenvalue weighted by molar-refractivity contribution is 5.99. The Bertz CT molecular complexity index is 415. The maximum atomic E-state index is 12.3. The molecule has 1 aromatic rings. The molecule has 2 N–H and O–H groups in total. The summed E-state index contributed by atoms with van der Waals surface area (Å²) in [6.45, 7) is 10.0. The smallest absolute Gasteiger partial charge is 0.253 e. The van der Waals surface area contributed by atoms with Crippen LogP contribution < -0.4 is 10.6 Å². The lowest BCUT2D eigenvalue weighted by atomic mass is 10.1. The minimum atomic E-state index is 0.0163. The van der Waals surface area contributed by atoms with E-state index in [1.807, 2.05) is 25.1 Å². The van der Waals surface area contributed by atoms with Crippen LogP contribution in [0.4, 0.5) is 5.69 Å². The number of anilines is 1. The van der Waals surface area contributed by atoms with E-state index >= 15 is 0 Å². The maximum Gasteiger partial charge on any atom is 0.253 e. The molecule has 106 valence electrons. The molecule has 0 bridgehead atoms. The zero-order valence-corrected chi connectivity index (χ0v) is 12.5. The number of nitrogens with one attached hydrogen (secondary N) is 2. The summed E-state index contributed by atoms with van der Waals surface area (Å²) in [6.07, 6.45) is 2.12. The van der Waals surface area contributed by atoms with Crippen molar-refractivity contribution < 1.29 is 4.79 Å². The van der Waals surface area contributed by atoms with Crippen molar-refractivity contribution in [3.8, 4) is 0 Å². The number of benzene rings is 1. The van der Waals surface area contributed by atoms with Gasteiger partial charge in [0.1, 0.15) is 0 Å². The van der Waals surface area contributed by atoms with E-state index in [0.717, 1.165) is 42.7 Å². The predicted octanol–water partition coefficient (Wildman–Crippen LogP) is 3.59. The standard InChI is InChI=1S/C16H26N2O/c1-5-9-17-15-8-7-13(4)10-14(15)16(19)18-11-12(3)6-2/h7-8,10,12,17H,5-6,9,11H2,1-4H3,(H,18,19). The van der Waals surface area contributed by atoms with E-state index in [9.17, 15) is 4.79 Å². The second-order valence-electron chi connectivity index (χ2n) is 5.20. The number of amides is 1. The predicted molar refractivity (Wildman–Crippen MR) is 81.7 cm³/mol. The van der Waals surface area contributed by atoms with Gasteiger partial charge in [0.2, 0.25) is 0 Å². The summed E-state index contributed by atoms with van der Waals surface area (Å²) < 4.78 is 0. The van der Waals surface area contributed by atoms with Crippen molar-refractivity contribution in [3.05, 3.63) is 29.3 Å². The highest BCUT2D eigenvalue weighted by Gasteiger charge is 2.12. The molecule has 1 aromatic carbocycles. The molecule has 0 aliphatic rings. The molecular weight excluding hydrogens is 236 g/mol. The van der Waals surface area contributed by atoms with E-state index in [0.29, 0.717) is 5.92 Å². The molecule has 0 aromatic heterocycles. The van der Waals surface area contributed by atoms with Crippen molar-refractivity contribution in [2.24, 2.45) is 5.92 Å². The third-order valence-electron chi connectivity index (χ3n) is 3.29. The van der Waals surface area contributed by atoms with Crippen LogP contribution in [0.3, 0.4) is 0 Å². The van der Waals surface area contributed by atoms with Gasteiger partial charge in [-0.05, 0) is 31.4 Å². The lowest BCUT2D eigenvalue weighted by Crippen LogP contribution is -2.28. The monoisotopic (exact) mass is 262 g/mol. The van der Waals surface area contributed by atoms with Crippen molar-refractivity contribution in [1.82, 2.24) is 5.32 Å². The van der Waals surface area contributed by atoms with Crippen LogP contribution in [0.5, 0.6) is 0 Å².